The molecular weight excluding hydrogens is 218 g/mol. The van der Waals surface area contributed by atoms with Crippen LogP contribution in [0, 0.1) is 5.92 Å². The minimum absolute atomic E-state index is 0.0921. The minimum Gasteiger partial charge on any atom is -0.396 e. The van der Waals surface area contributed by atoms with E-state index >= 15 is 0 Å². The van der Waals surface area contributed by atoms with E-state index < -0.39 is 0 Å². The third kappa shape index (κ3) is 2.21. The lowest BCUT2D eigenvalue weighted by Gasteiger charge is -2.19. The third-order valence-corrected chi connectivity index (χ3v) is 3.71. The highest BCUT2D eigenvalue weighted by Crippen LogP contribution is 2.27. The molecule has 3 rings (SSSR count). The monoisotopic (exact) mass is 237 g/mol. The summed E-state index contributed by atoms with van der Waals surface area (Å²) in [6.45, 7) is 1.95. The van der Waals surface area contributed by atoms with Crippen LogP contribution in [-0.2, 0) is 17.7 Å². The maximum atomic E-state index is 9.19. The predicted octanol–water partition coefficient (Wildman–Crippen LogP) is 1.07. The Labute approximate surface area is 101 Å². The van der Waals surface area contributed by atoms with Crippen molar-refractivity contribution >= 4 is 0 Å². The highest BCUT2D eigenvalue weighted by atomic mass is 16.5. The van der Waals surface area contributed by atoms with Gasteiger partial charge in [0.25, 0.3) is 0 Å². The molecule has 1 fully saturated rings. The van der Waals surface area contributed by atoms with Crippen molar-refractivity contribution in [1.29, 1.82) is 0 Å². The summed E-state index contributed by atoms with van der Waals surface area (Å²) in [6.07, 6.45) is 5.32. The van der Waals surface area contributed by atoms with Gasteiger partial charge in [-0.25, -0.2) is 9.67 Å². The normalized spacial score (nSPS) is 29.0. The fourth-order valence-electron chi connectivity index (χ4n) is 2.63. The summed E-state index contributed by atoms with van der Waals surface area (Å²) < 4.78 is 7.69. The van der Waals surface area contributed by atoms with Gasteiger partial charge >= 0.3 is 0 Å². The molecule has 2 atom stereocenters. The number of hydrogen-bond acceptors (Lipinski definition) is 4. The van der Waals surface area contributed by atoms with Gasteiger partial charge in [0.2, 0.25) is 0 Å². The molecule has 0 saturated carbocycles. The van der Waals surface area contributed by atoms with Gasteiger partial charge in [0, 0.05) is 26.2 Å². The van der Waals surface area contributed by atoms with Gasteiger partial charge in [0.1, 0.15) is 11.9 Å². The van der Waals surface area contributed by atoms with Crippen LogP contribution >= 0.6 is 0 Å². The average molecular weight is 237 g/mol. The molecule has 0 amide bonds. The summed E-state index contributed by atoms with van der Waals surface area (Å²) in [5.74, 6) is 2.21. The van der Waals surface area contributed by atoms with E-state index in [9.17, 15) is 5.11 Å². The van der Waals surface area contributed by atoms with Crippen molar-refractivity contribution in [2.75, 3.05) is 13.2 Å². The molecule has 94 valence electrons. The van der Waals surface area contributed by atoms with Gasteiger partial charge in [0.05, 0.1) is 0 Å². The summed E-state index contributed by atoms with van der Waals surface area (Å²) in [7, 11) is 0. The number of aromatic nitrogens is 3. The molecule has 1 aromatic rings. The molecule has 1 N–H and O–H groups in total. The molecule has 1 aromatic heterocycles. The molecule has 0 bridgehead atoms. The largest absolute Gasteiger partial charge is 0.396 e. The highest BCUT2D eigenvalue weighted by Gasteiger charge is 2.25. The van der Waals surface area contributed by atoms with E-state index in [2.05, 4.69) is 10.1 Å². The van der Waals surface area contributed by atoms with E-state index in [1.165, 1.54) is 6.42 Å². The molecule has 5 heteroatoms. The first kappa shape index (κ1) is 11.2. The number of nitrogens with zero attached hydrogens (tertiary/aromatic N) is 3. The Balaban J connectivity index is 1.77. The number of ether oxygens (including phenoxy) is 1. The van der Waals surface area contributed by atoms with Crippen molar-refractivity contribution < 1.29 is 9.84 Å². The van der Waals surface area contributed by atoms with E-state index in [1.54, 1.807) is 0 Å². The molecule has 2 aliphatic rings. The van der Waals surface area contributed by atoms with Crippen molar-refractivity contribution in [3.05, 3.63) is 11.6 Å². The van der Waals surface area contributed by atoms with Crippen molar-refractivity contribution in [3.8, 4) is 0 Å². The molecule has 0 aromatic carbocycles. The number of aryl methyl sites for hydroxylation is 1. The van der Waals surface area contributed by atoms with E-state index in [1.807, 2.05) is 4.68 Å². The lowest BCUT2D eigenvalue weighted by atomic mass is 9.99. The first-order valence-corrected chi connectivity index (χ1v) is 6.53. The van der Waals surface area contributed by atoms with Crippen LogP contribution in [0.3, 0.4) is 0 Å². The minimum atomic E-state index is 0.0921. The Kier molecular flexibility index (Phi) is 3.11. The standard InChI is InChI=1S/C12H19N3O2/c16-8-9-4-5-15-11(7-9)13-12(14-15)10-3-1-2-6-17-10/h9-10,16H,1-8H2. The maximum Gasteiger partial charge on any atom is 0.179 e. The lowest BCUT2D eigenvalue weighted by Crippen LogP contribution is -2.22. The van der Waals surface area contributed by atoms with Crippen molar-refractivity contribution in [3.63, 3.8) is 0 Å². The van der Waals surface area contributed by atoms with Gasteiger partial charge in [-0.1, -0.05) is 0 Å². The summed E-state index contributed by atoms with van der Waals surface area (Å²) >= 11 is 0. The molecule has 0 aliphatic carbocycles. The van der Waals surface area contributed by atoms with Crippen LogP contribution < -0.4 is 0 Å². The molecule has 5 nitrogen and oxygen atoms in total. The molecule has 3 heterocycles. The van der Waals surface area contributed by atoms with Gasteiger partial charge in [0.15, 0.2) is 5.82 Å². The van der Waals surface area contributed by atoms with E-state index in [4.69, 9.17) is 4.74 Å². The Morgan fingerprint density at radius 3 is 3.06 bits per heavy atom. The van der Waals surface area contributed by atoms with Crippen LogP contribution in [0.5, 0.6) is 0 Å². The highest BCUT2D eigenvalue weighted by molar-refractivity contribution is 5.00. The van der Waals surface area contributed by atoms with Gasteiger partial charge in [-0.3, -0.25) is 0 Å². The number of aliphatic hydroxyl groups is 1. The summed E-state index contributed by atoms with van der Waals surface area (Å²) in [6, 6.07) is 0. The lowest BCUT2D eigenvalue weighted by molar-refractivity contribution is 0.00936. The maximum absolute atomic E-state index is 9.19. The second kappa shape index (κ2) is 4.74. The van der Waals surface area contributed by atoms with Gasteiger partial charge < -0.3 is 9.84 Å². The quantitative estimate of drug-likeness (QED) is 0.836. The van der Waals surface area contributed by atoms with Crippen molar-refractivity contribution in [2.24, 2.45) is 5.92 Å². The molecule has 17 heavy (non-hydrogen) atoms. The fraction of sp³-hybridized carbons (Fsp3) is 0.833. The Hall–Kier alpha value is -0.940. The zero-order valence-corrected chi connectivity index (χ0v) is 10.0. The first-order valence-electron chi connectivity index (χ1n) is 6.53. The number of aliphatic hydroxyl groups excluding tert-OH is 1. The third-order valence-electron chi connectivity index (χ3n) is 3.71. The number of rotatable bonds is 2. The van der Waals surface area contributed by atoms with E-state index in [0.717, 1.165) is 50.5 Å². The fourth-order valence-corrected chi connectivity index (χ4v) is 2.63. The molecular formula is C12H19N3O2. The molecule has 0 spiro atoms. The molecule has 0 radical (unpaired) electrons. The SMILES string of the molecule is OCC1CCn2nc(C3CCCCO3)nc2C1. The van der Waals surface area contributed by atoms with E-state index in [-0.39, 0.29) is 12.7 Å². The number of fused-ring (bicyclic) bond motifs is 1. The van der Waals surface area contributed by atoms with Gasteiger partial charge in [-0.05, 0) is 31.6 Å². The number of hydrogen-bond donors (Lipinski definition) is 1. The smallest absolute Gasteiger partial charge is 0.179 e. The predicted molar refractivity (Wildman–Crippen MR) is 61.5 cm³/mol. The summed E-state index contributed by atoms with van der Waals surface area (Å²) in [4.78, 5) is 4.59. The Morgan fingerprint density at radius 2 is 2.29 bits per heavy atom. The van der Waals surface area contributed by atoms with Gasteiger partial charge in [-0.15, -0.1) is 0 Å². The van der Waals surface area contributed by atoms with Crippen LogP contribution in [-0.4, -0.2) is 33.1 Å². The zero-order valence-electron chi connectivity index (χ0n) is 10.0. The second-order valence-electron chi connectivity index (χ2n) is 5.01. The van der Waals surface area contributed by atoms with Crippen LogP contribution in [0.15, 0.2) is 0 Å². The Morgan fingerprint density at radius 1 is 1.35 bits per heavy atom. The molecule has 2 unspecified atom stereocenters. The van der Waals surface area contributed by atoms with Crippen LogP contribution in [0.4, 0.5) is 0 Å². The topological polar surface area (TPSA) is 60.2 Å². The van der Waals surface area contributed by atoms with Crippen LogP contribution in [0.2, 0.25) is 0 Å². The van der Waals surface area contributed by atoms with Crippen molar-refractivity contribution in [2.45, 2.75) is 44.8 Å². The molecule has 2 aliphatic heterocycles. The second-order valence-corrected chi connectivity index (χ2v) is 5.01. The zero-order chi connectivity index (χ0) is 11.7. The first-order chi connectivity index (χ1) is 8.36. The Bertz CT molecular complexity index is 385. The molecule has 1 saturated heterocycles. The average Bonchev–Trinajstić information content (AvgIpc) is 2.82. The van der Waals surface area contributed by atoms with E-state index in [0.29, 0.717) is 5.92 Å². The van der Waals surface area contributed by atoms with Crippen LogP contribution in [0.1, 0.15) is 43.4 Å². The van der Waals surface area contributed by atoms with Crippen LogP contribution in [0.25, 0.3) is 0 Å². The summed E-state index contributed by atoms with van der Waals surface area (Å²) in [5, 5.41) is 13.7. The van der Waals surface area contributed by atoms with Gasteiger partial charge in [-0.2, -0.15) is 5.10 Å². The summed E-state index contributed by atoms with van der Waals surface area (Å²) in [5.41, 5.74) is 0. The van der Waals surface area contributed by atoms with Crippen molar-refractivity contribution in [1.82, 2.24) is 14.8 Å².